The molecule has 0 spiro atoms. The van der Waals surface area contributed by atoms with Crippen molar-refractivity contribution in [3.63, 3.8) is 0 Å². The van der Waals surface area contributed by atoms with Crippen molar-refractivity contribution < 1.29 is 4.92 Å². The van der Waals surface area contributed by atoms with Gasteiger partial charge in [0.05, 0.1) is 10.4 Å². The highest BCUT2D eigenvalue weighted by Crippen LogP contribution is 2.38. The largest absolute Gasteiger partial charge is 0.362 e. The van der Waals surface area contributed by atoms with E-state index in [1.807, 2.05) is 44.2 Å². The number of hydrogen-bond acceptors (Lipinski definition) is 7. The Morgan fingerprint density at radius 2 is 2.04 bits per heavy atom. The number of nitrogens with zero attached hydrogens (tertiary/aromatic N) is 4. The standard InChI is InChI=1S/C17H17N5O2S/c1-3-11(2)21-16-15(22(23)24)17(20-10-19-16)25-13-8-4-6-12-7-5-9-18-14(12)13/h4-11H,3H2,1-2H3,(H,19,20,21). The molecule has 0 bridgehead atoms. The molecule has 3 aromatic rings. The van der Waals surface area contributed by atoms with Crippen molar-refractivity contribution in [1.29, 1.82) is 0 Å². The Hall–Kier alpha value is -2.74. The van der Waals surface area contributed by atoms with Gasteiger partial charge in [-0.3, -0.25) is 15.1 Å². The molecule has 0 aliphatic rings. The van der Waals surface area contributed by atoms with Gasteiger partial charge >= 0.3 is 5.69 Å². The van der Waals surface area contributed by atoms with E-state index in [4.69, 9.17) is 0 Å². The first-order chi connectivity index (χ1) is 12.1. The average molecular weight is 355 g/mol. The molecule has 0 fully saturated rings. The summed E-state index contributed by atoms with van der Waals surface area (Å²) in [6.45, 7) is 3.95. The number of para-hydroxylation sites is 1. The minimum atomic E-state index is -0.439. The maximum absolute atomic E-state index is 11.6. The van der Waals surface area contributed by atoms with Crippen LogP contribution >= 0.6 is 11.8 Å². The number of nitro groups is 1. The molecule has 1 aromatic carbocycles. The summed E-state index contributed by atoms with van der Waals surface area (Å²) in [5.74, 6) is 0.241. The molecule has 0 amide bonds. The zero-order valence-electron chi connectivity index (χ0n) is 13.8. The minimum absolute atomic E-state index is 0.0747. The number of anilines is 1. The summed E-state index contributed by atoms with van der Waals surface area (Å²) >= 11 is 1.23. The summed E-state index contributed by atoms with van der Waals surface area (Å²) in [6, 6.07) is 9.63. The van der Waals surface area contributed by atoms with E-state index < -0.39 is 4.92 Å². The molecule has 7 nitrogen and oxygen atoms in total. The van der Waals surface area contributed by atoms with Crippen molar-refractivity contribution in [3.05, 3.63) is 53.0 Å². The minimum Gasteiger partial charge on any atom is -0.362 e. The van der Waals surface area contributed by atoms with E-state index in [-0.39, 0.29) is 17.5 Å². The third kappa shape index (κ3) is 3.69. The van der Waals surface area contributed by atoms with Gasteiger partial charge in [-0.15, -0.1) is 0 Å². The number of benzene rings is 1. The van der Waals surface area contributed by atoms with Crippen LogP contribution in [0, 0.1) is 10.1 Å². The van der Waals surface area contributed by atoms with Gasteiger partial charge in [-0.1, -0.05) is 36.9 Å². The van der Waals surface area contributed by atoms with E-state index in [1.165, 1.54) is 18.1 Å². The highest BCUT2D eigenvalue weighted by molar-refractivity contribution is 7.99. The number of pyridine rings is 1. The summed E-state index contributed by atoms with van der Waals surface area (Å²) in [5.41, 5.74) is 0.681. The molecule has 1 atom stereocenters. The van der Waals surface area contributed by atoms with Gasteiger partial charge in [0, 0.05) is 22.5 Å². The quantitative estimate of drug-likeness (QED) is 0.400. The average Bonchev–Trinajstić information content (AvgIpc) is 2.62. The predicted octanol–water partition coefficient (Wildman–Crippen LogP) is 4.29. The molecule has 2 aromatic heterocycles. The van der Waals surface area contributed by atoms with Crippen LogP contribution < -0.4 is 5.32 Å². The zero-order chi connectivity index (χ0) is 17.8. The van der Waals surface area contributed by atoms with E-state index in [1.54, 1.807) is 6.20 Å². The lowest BCUT2D eigenvalue weighted by Gasteiger charge is -2.13. The maximum atomic E-state index is 11.6. The molecule has 0 radical (unpaired) electrons. The van der Waals surface area contributed by atoms with E-state index in [9.17, 15) is 10.1 Å². The number of aromatic nitrogens is 3. The van der Waals surface area contributed by atoms with Crippen molar-refractivity contribution in [1.82, 2.24) is 15.0 Å². The fraction of sp³-hybridized carbons (Fsp3) is 0.235. The number of hydrogen-bond donors (Lipinski definition) is 1. The summed E-state index contributed by atoms with van der Waals surface area (Å²) in [4.78, 5) is 24.6. The molecule has 25 heavy (non-hydrogen) atoms. The Balaban J connectivity index is 2.04. The van der Waals surface area contributed by atoms with Crippen molar-refractivity contribution >= 4 is 34.2 Å². The molecule has 0 aliphatic heterocycles. The molecule has 0 saturated carbocycles. The van der Waals surface area contributed by atoms with Crippen LogP contribution in [0.5, 0.6) is 0 Å². The molecule has 128 valence electrons. The Bertz CT molecular complexity index is 913. The molecule has 3 rings (SSSR count). The fourth-order valence-electron chi connectivity index (χ4n) is 2.31. The van der Waals surface area contributed by atoms with Crippen LogP contribution in [0.2, 0.25) is 0 Å². The van der Waals surface area contributed by atoms with Gasteiger partial charge < -0.3 is 5.32 Å². The molecule has 1 unspecified atom stereocenters. The Labute approximate surface area is 149 Å². The van der Waals surface area contributed by atoms with Gasteiger partial charge in [0.15, 0.2) is 5.03 Å². The first kappa shape index (κ1) is 17.1. The Morgan fingerprint density at radius 3 is 2.80 bits per heavy atom. The van der Waals surface area contributed by atoms with Crippen LogP contribution in [0.25, 0.3) is 10.9 Å². The lowest BCUT2D eigenvalue weighted by Crippen LogP contribution is -2.16. The molecular weight excluding hydrogens is 338 g/mol. The van der Waals surface area contributed by atoms with E-state index in [0.29, 0.717) is 5.03 Å². The van der Waals surface area contributed by atoms with Crippen molar-refractivity contribution in [2.24, 2.45) is 0 Å². The van der Waals surface area contributed by atoms with Crippen molar-refractivity contribution in [2.75, 3.05) is 5.32 Å². The molecule has 0 saturated heterocycles. The van der Waals surface area contributed by atoms with Crippen LogP contribution in [0.3, 0.4) is 0 Å². The summed E-state index contributed by atoms with van der Waals surface area (Å²) < 4.78 is 0. The Morgan fingerprint density at radius 1 is 1.24 bits per heavy atom. The van der Waals surface area contributed by atoms with Gasteiger partial charge in [-0.2, -0.15) is 0 Å². The topological polar surface area (TPSA) is 93.8 Å². The van der Waals surface area contributed by atoms with Crippen LogP contribution in [0.15, 0.2) is 52.8 Å². The first-order valence-corrected chi connectivity index (χ1v) is 8.69. The summed E-state index contributed by atoms with van der Waals surface area (Å²) in [6.07, 6.45) is 3.88. The number of fused-ring (bicyclic) bond motifs is 1. The summed E-state index contributed by atoms with van der Waals surface area (Å²) in [5, 5.41) is 16.0. The maximum Gasteiger partial charge on any atom is 0.343 e. The van der Waals surface area contributed by atoms with E-state index >= 15 is 0 Å². The molecule has 0 aliphatic carbocycles. The summed E-state index contributed by atoms with van der Waals surface area (Å²) in [7, 11) is 0. The molecule has 2 heterocycles. The third-order valence-corrected chi connectivity index (χ3v) is 4.81. The Kier molecular flexibility index (Phi) is 5.08. The van der Waals surface area contributed by atoms with E-state index in [2.05, 4.69) is 20.3 Å². The second-order valence-corrected chi connectivity index (χ2v) is 6.55. The van der Waals surface area contributed by atoms with Gasteiger partial charge in [0.1, 0.15) is 6.33 Å². The normalized spacial score (nSPS) is 12.1. The lowest BCUT2D eigenvalue weighted by atomic mass is 10.2. The van der Waals surface area contributed by atoms with Crippen molar-refractivity contribution in [2.45, 2.75) is 36.2 Å². The van der Waals surface area contributed by atoms with Crippen LogP contribution in [0.4, 0.5) is 11.5 Å². The predicted molar refractivity (Wildman–Crippen MR) is 97.9 cm³/mol. The van der Waals surface area contributed by atoms with Crippen LogP contribution in [-0.4, -0.2) is 25.9 Å². The first-order valence-electron chi connectivity index (χ1n) is 7.87. The molecule has 1 N–H and O–H groups in total. The van der Waals surface area contributed by atoms with Crippen molar-refractivity contribution in [3.8, 4) is 0 Å². The highest BCUT2D eigenvalue weighted by atomic mass is 32.2. The second kappa shape index (κ2) is 7.43. The lowest BCUT2D eigenvalue weighted by molar-refractivity contribution is -0.387. The number of rotatable bonds is 6. The van der Waals surface area contributed by atoms with Gasteiger partial charge in [0.25, 0.3) is 0 Å². The number of nitrogens with one attached hydrogen (secondary N) is 1. The molecular formula is C17H17N5O2S. The van der Waals surface area contributed by atoms with Crippen LogP contribution in [-0.2, 0) is 0 Å². The van der Waals surface area contributed by atoms with Gasteiger partial charge in [0.2, 0.25) is 5.82 Å². The van der Waals surface area contributed by atoms with Gasteiger partial charge in [-0.25, -0.2) is 9.97 Å². The second-order valence-electron chi connectivity index (χ2n) is 5.52. The van der Waals surface area contributed by atoms with E-state index in [0.717, 1.165) is 22.2 Å². The fourth-order valence-corrected chi connectivity index (χ4v) is 3.30. The monoisotopic (exact) mass is 355 g/mol. The SMILES string of the molecule is CCC(C)Nc1ncnc(Sc2cccc3cccnc23)c1[N+](=O)[O-]. The third-order valence-electron chi connectivity index (χ3n) is 3.77. The van der Waals surface area contributed by atoms with Gasteiger partial charge in [-0.05, 0) is 25.5 Å². The molecule has 8 heteroatoms. The smallest absolute Gasteiger partial charge is 0.343 e. The van der Waals surface area contributed by atoms with Crippen LogP contribution in [0.1, 0.15) is 20.3 Å². The highest BCUT2D eigenvalue weighted by Gasteiger charge is 2.25. The zero-order valence-corrected chi connectivity index (χ0v) is 14.7.